The molecule has 79 heavy (non-hydrogen) atoms. The predicted octanol–water partition coefficient (Wildman–Crippen LogP) is -1.56. The number of amides is 3. The summed E-state index contributed by atoms with van der Waals surface area (Å²) in [5.41, 5.74) is -0.373. The van der Waals surface area contributed by atoms with Crippen molar-refractivity contribution in [2.45, 2.75) is 70.9 Å². The Labute approximate surface area is 480 Å². The van der Waals surface area contributed by atoms with Crippen molar-refractivity contribution in [3.8, 4) is 0 Å². The van der Waals surface area contributed by atoms with Crippen molar-refractivity contribution in [1.29, 1.82) is 0 Å². The number of nitrogens with zero attached hydrogens (tertiary/aromatic N) is 4. The minimum atomic E-state index is -1.19. The second-order valence-electron chi connectivity index (χ2n) is 18.5. The Kier molecular flexibility index (Phi) is 50.7. The van der Waals surface area contributed by atoms with Crippen LogP contribution in [0.3, 0.4) is 0 Å². The van der Waals surface area contributed by atoms with Crippen LogP contribution in [0, 0.1) is 6.42 Å². The molecule has 1 unspecified atom stereocenters. The van der Waals surface area contributed by atoms with E-state index in [2.05, 4.69) is 20.7 Å². The third kappa shape index (κ3) is 51.8. The average Bonchev–Trinajstić information content (AvgIpc) is 3.36. The number of nitrogens with one attached hydrogen (secondary N) is 3. The number of carboxylic acids is 4. The van der Waals surface area contributed by atoms with Crippen molar-refractivity contribution in [2.75, 3.05) is 198 Å². The van der Waals surface area contributed by atoms with Crippen LogP contribution in [-0.4, -0.2) is 298 Å². The van der Waals surface area contributed by atoms with Gasteiger partial charge in [0.2, 0.25) is 11.8 Å². The van der Waals surface area contributed by atoms with Crippen molar-refractivity contribution >= 4 is 48.1 Å². The standard InChI is InChI=1S/C45H82N7O19.C5H9O2.Au/c1-64-23-24-68-29-30-70-33-34-71-32-31-69-28-25-65-20-8-41(55)46-9-4-2-3-5-39(53)47-10-21-66-26-27-67-22-11-48-40(54)7-6-38(45(62)63)52-18-16-50(36-43(58)59)14-12-49(35-42(56)57)13-15-51(17-19-52)37-44(60)61;1-5(2,3)7-4-6;/h5,38H,2-4,6-37H2,1H3,(H,46,55)(H,47,53)(H,48,54)(H,56,57)(H,58,59)(H,60,61)(H,62,63);1-3H3;/q2*-1;. The maximum Gasteiger partial charge on any atom is 0.320 e. The Bertz CT molecular complexity index is 1590. The summed E-state index contributed by atoms with van der Waals surface area (Å²) in [5.74, 6) is -5.18. The quantitative estimate of drug-likeness (QED) is 0.0206. The fraction of sp³-hybridized carbons (Fsp3) is 0.820. The van der Waals surface area contributed by atoms with Gasteiger partial charge in [0.1, 0.15) is 6.04 Å². The van der Waals surface area contributed by atoms with Gasteiger partial charge in [-0.2, -0.15) is 6.42 Å². The number of methoxy groups -OCH3 is 1. The van der Waals surface area contributed by atoms with E-state index in [1.54, 1.807) is 53.9 Å². The van der Waals surface area contributed by atoms with Crippen LogP contribution in [0.15, 0.2) is 0 Å². The topological polar surface area (TPSA) is 350 Å². The number of carbonyl (C=O) groups is 7. The number of hydrogen-bond acceptors (Lipinski definition) is 21. The smallest absolute Gasteiger partial charge is 0.320 e. The number of ether oxygens (including phenoxy) is 9. The van der Waals surface area contributed by atoms with Crippen LogP contribution in [0.25, 0.3) is 0 Å². The van der Waals surface area contributed by atoms with E-state index >= 15 is 0 Å². The second kappa shape index (κ2) is 52.0. The van der Waals surface area contributed by atoms with Gasteiger partial charge in [0.05, 0.1) is 130 Å². The number of carboxylic acid groups (broad SMARTS) is 4. The molecule has 1 heterocycles. The number of carbonyl (C=O) groups excluding carboxylic acids is 4. The first-order chi connectivity index (χ1) is 37.4. The predicted molar refractivity (Wildman–Crippen MR) is 280 cm³/mol. The van der Waals surface area contributed by atoms with Crippen molar-refractivity contribution in [3.05, 3.63) is 6.42 Å². The molecule has 1 aliphatic heterocycles. The number of unbranched alkanes of at least 4 members (excludes halogenated alkanes) is 2. The fourth-order valence-electron chi connectivity index (χ4n) is 6.87. The monoisotopic (exact) mass is 1320 g/mol. The fourth-order valence-corrected chi connectivity index (χ4v) is 6.87. The number of aliphatic carboxylic acids is 4. The van der Waals surface area contributed by atoms with Gasteiger partial charge in [0.25, 0.3) is 0 Å². The van der Waals surface area contributed by atoms with E-state index in [1.165, 1.54) is 6.47 Å². The van der Waals surface area contributed by atoms with Gasteiger partial charge in [0, 0.05) is 114 Å². The van der Waals surface area contributed by atoms with E-state index < -0.39 is 35.8 Å². The summed E-state index contributed by atoms with van der Waals surface area (Å²) in [6, 6.07) is -1.12. The molecule has 465 valence electrons. The largest absolute Gasteiger partial charge is 0.649 e. The SMILES string of the molecule is CC(C)(C)O[C-]=O.COCCOCCOCCOCCOCCOCCC(=O)NCCCC[CH-]C(=O)NCCOCCOCCNC(=O)CCC(C(=O)O)N1CCN(CC(=O)O)CCN(CC(=O)O)CCN(CC(=O)O)CC1.[Au]. The zero-order valence-corrected chi connectivity index (χ0v) is 48.9. The molecule has 1 aliphatic rings. The van der Waals surface area contributed by atoms with Crippen LogP contribution in [-0.2, 0) is 103 Å². The molecule has 1 atom stereocenters. The summed E-state index contributed by atoms with van der Waals surface area (Å²) in [6.07, 6.45) is 3.61. The first-order valence-electron chi connectivity index (χ1n) is 26.4. The van der Waals surface area contributed by atoms with Crippen molar-refractivity contribution in [2.24, 2.45) is 0 Å². The summed E-state index contributed by atoms with van der Waals surface area (Å²) in [7, 11) is 1.62. The summed E-state index contributed by atoms with van der Waals surface area (Å²) in [4.78, 5) is 99.7. The third-order valence-corrected chi connectivity index (χ3v) is 10.8. The summed E-state index contributed by atoms with van der Waals surface area (Å²) < 4.78 is 47.3. The summed E-state index contributed by atoms with van der Waals surface area (Å²) in [6.45, 7) is 13.9. The van der Waals surface area contributed by atoms with Gasteiger partial charge in [-0.15, -0.1) is 0 Å². The van der Waals surface area contributed by atoms with Gasteiger partial charge in [-0.3, -0.25) is 48.4 Å². The number of hydrogen-bond donors (Lipinski definition) is 7. The van der Waals surface area contributed by atoms with Crippen LogP contribution in [0.5, 0.6) is 0 Å². The van der Waals surface area contributed by atoms with E-state index in [1.807, 2.05) is 0 Å². The van der Waals surface area contributed by atoms with Gasteiger partial charge in [0.15, 0.2) is 0 Å². The minimum absolute atomic E-state index is 0. The zero-order valence-electron chi connectivity index (χ0n) is 46.7. The van der Waals surface area contributed by atoms with Crippen LogP contribution in [0.1, 0.15) is 59.3 Å². The molecule has 3 amide bonds. The van der Waals surface area contributed by atoms with Crippen LogP contribution in [0.2, 0.25) is 0 Å². The zero-order chi connectivity index (χ0) is 58.1. The normalized spacial score (nSPS) is 14.4. The summed E-state index contributed by atoms with van der Waals surface area (Å²) >= 11 is 0. The first-order valence-corrected chi connectivity index (χ1v) is 26.4. The van der Waals surface area contributed by atoms with Crippen LogP contribution >= 0.6 is 0 Å². The number of rotatable bonds is 45. The Morgan fingerprint density at radius 3 is 1.29 bits per heavy atom. The van der Waals surface area contributed by atoms with E-state index in [0.29, 0.717) is 85.6 Å². The first kappa shape index (κ1) is 77.0. The molecule has 1 radical (unpaired) electrons. The molecule has 0 aliphatic carbocycles. The Balaban J connectivity index is 0. The van der Waals surface area contributed by atoms with Gasteiger partial charge >= 0.3 is 23.9 Å². The molecule has 0 saturated carbocycles. The van der Waals surface area contributed by atoms with Gasteiger partial charge in [-0.1, -0.05) is 12.9 Å². The molecule has 0 aromatic carbocycles. The van der Waals surface area contributed by atoms with Gasteiger partial charge in [-0.25, -0.2) is 0 Å². The molecule has 28 nitrogen and oxygen atoms in total. The summed E-state index contributed by atoms with van der Waals surface area (Å²) in [5, 5.41) is 46.7. The molecule has 0 bridgehead atoms. The molecule has 7 N–H and O–H groups in total. The minimum Gasteiger partial charge on any atom is -0.649 e. The van der Waals surface area contributed by atoms with Gasteiger partial charge in [-0.05, 0) is 33.6 Å². The van der Waals surface area contributed by atoms with E-state index in [0.717, 1.165) is 12.8 Å². The second-order valence-corrected chi connectivity index (χ2v) is 18.5. The Hall–Kier alpha value is -4.11. The average molecular weight is 1320 g/mol. The molecule has 0 aromatic rings. The van der Waals surface area contributed by atoms with Crippen LogP contribution in [0.4, 0.5) is 0 Å². The van der Waals surface area contributed by atoms with Crippen molar-refractivity contribution in [1.82, 2.24) is 35.6 Å². The maximum absolute atomic E-state index is 12.7. The third-order valence-electron chi connectivity index (χ3n) is 10.8. The van der Waals surface area contributed by atoms with E-state index in [-0.39, 0.29) is 171 Å². The van der Waals surface area contributed by atoms with E-state index in [9.17, 15) is 58.8 Å². The Morgan fingerprint density at radius 2 is 0.899 bits per heavy atom. The molecule has 0 spiro atoms. The Morgan fingerprint density at radius 1 is 0.519 bits per heavy atom. The van der Waals surface area contributed by atoms with Crippen molar-refractivity contribution < 1.29 is 124 Å². The molecule has 0 aromatic heterocycles. The van der Waals surface area contributed by atoms with Crippen LogP contribution < -0.4 is 16.0 Å². The molecular formula is C50H91AuN7O21-2. The van der Waals surface area contributed by atoms with E-state index in [4.69, 9.17) is 37.9 Å². The molecule has 29 heteroatoms. The van der Waals surface area contributed by atoms with Gasteiger partial charge < -0.3 is 95.0 Å². The molecule has 1 saturated heterocycles. The molecule has 1 rings (SSSR count). The molecule has 1 fully saturated rings. The molecular weight excluding hydrogens is 1230 g/mol. The van der Waals surface area contributed by atoms with Crippen molar-refractivity contribution in [3.63, 3.8) is 0 Å². The maximum atomic E-state index is 12.7.